The number of halogens is 4. The van der Waals surface area contributed by atoms with Crippen molar-refractivity contribution in [2.75, 3.05) is 70.5 Å². The van der Waals surface area contributed by atoms with Gasteiger partial charge in [-0.25, -0.2) is 9.59 Å². The number of carbonyl (C=O) groups is 3. The number of likely N-dealkylation sites (tertiary alicyclic amines) is 2. The highest BCUT2D eigenvalue weighted by atomic mass is 35.5. The van der Waals surface area contributed by atoms with Crippen LogP contribution in [0.15, 0.2) is 36.4 Å². The molecule has 0 bridgehead atoms. The standard InChI is InChI=1S/C34H43ClF3N7O4/c1-41-10-6-24(7-11-41)42-14-16-43(17-15-42)31(46)29(20-22-18-26(34(36,37)38)30(39)27(35)19-22)49-33(48)44-12-8-25(9-13-44)45-21-23-4-2-3-5-28(23)40-32(45)47/h2-5,18-19,24-25,29H,6-17,20-21,39H2,1H3,(H,40,47)/t29-/m1/s1. The molecule has 0 radical (unpaired) electrons. The number of nitrogens with zero attached hydrogens (tertiary/aromatic N) is 5. The third-order valence-electron chi connectivity index (χ3n) is 10.3. The van der Waals surface area contributed by atoms with Gasteiger partial charge in [0, 0.05) is 70.0 Å². The maximum Gasteiger partial charge on any atom is 0.418 e. The molecule has 3 saturated heterocycles. The molecule has 0 aliphatic carbocycles. The third kappa shape index (κ3) is 8.02. The monoisotopic (exact) mass is 705 g/mol. The molecule has 0 saturated carbocycles. The summed E-state index contributed by atoms with van der Waals surface area (Å²) >= 11 is 6.10. The molecule has 0 spiro atoms. The van der Waals surface area contributed by atoms with Gasteiger partial charge < -0.3 is 35.4 Å². The van der Waals surface area contributed by atoms with E-state index >= 15 is 0 Å². The number of hydrogen-bond acceptors (Lipinski definition) is 7. The molecular formula is C34H43ClF3N7O4. The Kier molecular flexibility index (Phi) is 10.5. The van der Waals surface area contributed by atoms with Crippen molar-refractivity contribution in [2.45, 2.75) is 63.0 Å². The molecule has 0 unspecified atom stereocenters. The number of urea groups is 1. The SMILES string of the molecule is CN1CCC(N2CCN(C(=O)[C@@H](Cc3cc(Cl)c(N)c(C(F)(F)F)c3)OC(=O)N3CCC(N4Cc5ccccc5NC4=O)CC3)CC2)CC1. The number of fused-ring (bicyclic) bond motifs is 1. The first kappa shape index (κ1) is 35.1. The van der Waals surface area contributed by atoms with Crippen molar-refractivity contribution in [3.63, 3.8) is 0 Å². The van der Waals surface area contributed by atoms with Crippen LogP contribution >= 0.6 is 11.6 Å². The predicted octanol–water partition coefficient (Wildman–Crippen LogP) is 4.74. The molecule has 4 heterocycles. The maximum atomic E-state index is 13.9. The number of amides is 4. The van der Waals surface area contributed by atoms with Crippen molar-refractivity contribution in [2.24, 2.45) is 0 Å². The smallest absolute Gasteiger partial charge is 0.418 e. The van der Waals surface area contributed by atoms with Gasteiger partial charge in [0.15, 0.2) is 6.10 Å². The minimum atomic E-state index is -4.76. The molecule has 0 aromatic heterocycles. The topological polar surface area (TPSA) is 115 Å². The lowest BCUT2D eigenvalue weighted by Crippen LogP contribution is -2.56. The number of alkyl halides is 3. The molecule has 1 atom stereocenters. The van der Waals surface area contributed by atoms with Crippen LogP contribution < -0.4 is 11.1 Å². The molecule has 2 aromatic carbocycles. The molecule has 266 valence electrons. The highest BCUT2D eigenvalue weighted by Crippen LogP contribution is 2.38. The Hall–Kier alpha value is -3.75. The van der Waals surface area contributed by atoms with Gasteiger partial charge in [-0.15, -0.1) is 0 Å². The fourth-order valence-electron chi connectivity index (χ4n) is 7.36. The molecule has 3 N–H and O–H groups in total. The van der Waals surface area contributed by atoms with E-state index in [2.05, 4.69) is 22.2 Å². The summed E-state index contributed by atoms with van der Waals surface area (Å²) in [4.78, 5) is 49.9. The Labute approximate surface area is 289 Å². The van der Waals surface area contributed by atoms with Gasteiger partial charge in [-0.05, 0) is 75.1 Å². The van der Waals surface area contributed by atoms with Crippen LogP contribution in [0.25, 0.3) is 0 Å². The molecule has 6 rings (SSSR count). The molecule has 49 heavy (non-hydrogen) atoms. The fourth-order valence-corrected chi connectivity index (χ4v) is 7.61. The molecule has 4 aliphatic rings. The number of piperidine rings is 2. The Balaban J connectivity index is 1.13. The quantitative estimate of drug-likeness (QED) is 0.418. The number of nitrogens with two attached hydrogens (primary N) is 1. The summed E-state index contributed by atoms with van der Waals surface area (Å²) in [7, 11) is 2.11. The van der Waals surface area contributed by atoms with Crippen LogP contribution in [0.1, 0.15) is 42.4 Å². The normalized spacial score (nSPS) is 20.9. The van der Waals surface area contributed by atoms with Gasteiger partial charge >= 0.3 is 18.3 Å². The highest BCUT2D eigenvalue weighted by Gasteiger charge is 2.38. The van der Waals surface area contributed by atoms with Gasteiger partial charge in [-0.2, -0.15) is 13.2 Å². The van der Waals surface area contributed by atoms with E-state index in [1.165, 1.54) is 11.0 Å². The minimum absolute atomic E-state index is 0.0812. The summed E-state index contributed by atoms with van der Waals surface area (Å²) in [5.41, 5.74) is 5.82. The average molecular weight is 706 g/mol. The Morgan fingerprint density at radius 3 is 2.29 bits per heavy atom. The van der Waals surface area contributed by atoms with Gasteiger partial charge in [0.2, 0.25) is 0 Å². The van der Waals surface area contributed by atoms with Gasteiger partial charge in [0.1, 0.15) is 0 Å². The van der Waals surface area contributed by atoms with Gasteiger partial charge in [0.05, 0.1) is 16.3 Å². The van der Waals surface area contributed by atoms with Crippen LogP contribution in [0, 0.1) is 0 Å². The number of carbonyl (C=O) groups excluding carboxylic acids is 3. The van der Waals surface area contributed by atoms with E-state index in [0.29, 0.717) is 51.6 Å². The Morgan fingerprint density at radius 1 is 0.959 bits per heavy atom. The number of anilines is 2. The van der Waals surface area contributed by atoms with E-state index < -0.39 is 35.5 Å². The average Bonchev–Trinajstić information content (AvgIpc) is 3.09. The lowest BCUT2D eigenvalue weighted by atomic mass is 10.0. The van der Waals surface area contributed by atoms with Crippen molar-refractivity contribution in [1.82, 2.24) is 24.5 Å². The second-order valence-electron chi connectivity index (χ2n) is 13.4. The van der Waals surface area contributed by atoms with E-state index in [-0.39, 0.29) is 42.2 Å². The molecule has 2 aromatic rings. The zero-order valence-electron chi connectivity index (χ0n) is 27.6. The summed E-state index contributed by atoms with van der Waals surface area (Å²) in [6.07, 6.45) is -4.05. The van der Waals surface area contributed by atoms with Gasteiger partial charge in [0.25, 0.3) is 5.91 Å². The summed E-state index contributed by atoms with van der Waals surface area (Å²) in [5.74, 6) is -0.462. The highest BCUT2D eigenvalue weighted by molar-refractivity contribution is 6.33. The molecule has 4 amide bonds. The third-order valence-corrected chi connectivity index (χ3v) is 10.6. The summed E-state index contributed by atoms with van der Waals surface area (Å²) in [5, 5.41) is 2.63. The molecule has 15 heteroatoms. The molecule has 11 nitrogen and oxygen atoms in total. The van der Waals surface area contributed by atoms with Crippen LogP contribution in [0.5, 0.6) is 0 Å². The van der Waals surface area contributed by atoms with Crippen molar-refractivity contribution in [3.05, 3.63) is 58.1 Å². The number of hydrogen-bond donors (Lipinski definition) is 2. The van der Waals surface area contributed by atoms with Crippen LogP contribution in [0.4, 0.5) is 34.1 Å². The lowest BCUT2D eigenvalue weighted by Gasteiger charge is -2.43. The maximum absolute atomic E-state index is 13.9. The van der Waals surface area contributed by atoms with Crippen LogP contribution in [0.2, 0.25) is 5.02 Å². The number of benzene rings is 2. The van der Waals surface area contributed by atoms with Crippen molar-refractivity contribution >= 4 is 41.0 Å². The van der Waals surface area contributed by atoms with E-state index in [4.69, 9.17) is 22.1 Å². The summed E-state index contributed by atoms with van der Waals surface area (Å²) < 4.78 is 47.2. The second-order valence-corrected chi connectivity index (χ2v) is 13.8. The summed E-state index contributed by atoms with van der Waals surface area (Å²) in [6, 6.07) is 9.90. The second kappa shape index (κ2) is 14.6. The first-order valence-corrected chi connectivity index (χ1v) is 17.2. The van der Waals surface area contributed by atoms with Crippen LogP contribution in [-0.4, -0.2) is 120 Å². The van der Waals surface area contributed by atoms with E-state index in [9.17, 15) is 27.6 Å². The van der Waals surface area contributed by atoms with Crippen LogP contribution in [-0.2, 0) is 28.7 Å². The van der Waals surface area contributed by atoms with E-state index in [1.54, 1.807) is 9.80 Å². The van der Waals surface area contributed by atoms with Crippen LogP contribution in [0.3, 0.4) is 0 Å². The Bertz CT molecular complexity index is 1540. The largest absolute Gasteiger partial charge is 0.436 e. The lowest BCUT2D eigenvalue weighted by molar-refractivity contribution is -0.143. The minimum Gasteiger partial charge on any atom is -0.436 e. The number of ether oxygens (including phenoxy) is 1. The molecule has 3 fully saturated rings. The predicted molar refractivity (Wildman–Crippen MR) is 179 cm³/mol. The number of piperazine rings is 1. The first-order chi connectivity index (χ1) is 23.4. The zero-order chi connectivity index (χ0) is 34.9. The first-order valence-electron chi connectivity index (χ1n) is 16.8. The van der Waals surface area contributed by atoms with Gasteiger partial charge in [-0.3, -0.25) is 9.69 Å². The molecular weight excluding hydrogens is 663 g/mol. The van der Waals surface area contributed by atoms with Gasteiger partial charge in [-0.1, -0.05) is 29.8 Å². The number of rotatable bonds is 6. The van der Waals surface area contributed by atoms with Crippen molar-refractivity contribution in [3.8, 4) is 0 Å². The zero-order valence-corrected chi connectivity index (χ0v) is 28.3. The van der Waals surface area contributed by atoms with E-state index in [1.807, 2.05) is 24.3 Å². The Morgan fingerprint density at radius 2 is 1.61 bits per heavy atom. The molecule has 4 aliphatic heterocycles. The fraction of sp³-hybridized carbons (Fsp3) is 0.559. The van der Waals surface area contributed by atoms with Crippen molar-refractivity contribution < 1.29 is 32.3 Å². The summed E-state index contributed by atoms with van der Waals surface area (Å²) in [6.45, 7) is 5.23. The van der Waals surface area contributed by atoms with Crippen molar-refractivity contribution in [1.29, 1.82) is 0 Å². The number of nitrogens with one attached hydrogen (secondary N) is 1. The number of nitrogen functional groups attached to an aromatic ring is 1. The van der Waals surface area contributed by atoms with E-state index in [0.717, 1.165) is 43.2 Å². The number of para-hydroxylation sites is 1.